The van der Waals surface area contributed by atoms with Gasteiger partial charge in [-0.3, -0.25) is 0 Å². The Labute approximate surface area is 55.9 Å². The number of carbonyl (C=O) groups excluding carboxylic acids is 1. The summed E-state index contributed by atoms with van der Waals surface area (Å²) in [6.07, 6.45) is -1.26. The Kier molecular flexibility index (Phi) is 3.37. The number of carbonyl (C=O) groups is 2. The van der Waals surface area contributed by atoms with Crippen LogP contribution in [-0.2, 0) is 19.2 Å². The van der Waals surface area contributed by atoms with Crippen LogP contribution in [0.25, 0.3) is 0 Å². The molecule has 0 radical (unpaired) electrons. The van der Waals surface area contributed by atoms with E-state index in [4.69, 9.17) is 10.4 Å². The van der Waals surface area contributed by atoms with Gasteiger partial charge in [0.2, 0.25) is 6.29 Å². The summed E-state index contributed by atoms with van der Waals surface area (Å²) in [5.74, 6) is -3.20. The lowest BCUT2D eigenvalue weighted by Crippen LogP contribution is -2.23. The molecule has 0 aliphatic heterocycles. The number of carboxylic acid groups (broad SMARTS) is 1. The molecule has 0 fully saturated rings. The van der Waals surface area contributed by atoms with Gasteiger partial charge in [-0.15, -0.1) is 0 Å². The molecule has 6 heteroatoms. The maximum absolute atomic E-state index is 10.1. The fourth-order valence-corrected chi connectivity index (χ4v) is 0.223. The maximum Gasteiger partial charge on any atom is 0.419 e. The zero-order chi connectivity index (χ0) is 8.15. The van der Waals surface area contributed by atoms with Crippen molar-refractivity contribution >= 4 is 11.9 Å². The molecule has 0 heterocycles. The Morgan fingerprint density at radius 3 is 2.30 bits per heavy atom. The van der Waals surface area contributed by atoms with E-state index in [9.17, 15) is 9.59 Å². The molecule has 1 unspecified atom stereocenters. The standard InChI is InChI=1S/C4H6O6/c1-2(10-8)9-4(7)3(5)6/h2,8H,1H3,(H,5,6). The molecule has 0 saturated carbocycles. The van der Waals surface area contributed by atoms with E-state index in [1.54, 1.807) is 0 Å². The SMILES string of the molecule is CC(OO)OC(=O)C(=O)O. The van der Waals surface area contributed by atoms with Crippen molar-refractivity contribution < 1.29 is 29.6 Å². The second-order valence-electron chi connectivity index (χ2n) is 1.38. The van der Waals surface area contributed by atoms with Gasteiger partial charge in [-0.25, -0.2) is 14.8 Å². The van der Waals surface area contributed by atoms with Crippen molar-refractivity contribution in [3.05, 3.63) is 0 Å². The first-order chi connectivity index (χ1) is 4.57. The van der Waals surface area contributed by atoms with Crippen LogP contribution in [0.3, 0.4) is 0 Å². The van der Waals surface area contributed by atoms with Crippen molar-refractivity contribution in [2.45, 2.75) is 13.2 Å². The summed E-state index contributed by atoms with van der Waals surface area (Å²) in [6.45, 7) is 1.17. The molecule has 0 saturated heterocycles. The highest BCUT2D eigenvalue weighted by Crippen LogP contribution is 1.90. The van der Waals surface area contributed by atoms with Gasteiger partial charge in [0.1, 0.15) is 0 Å². The van der Waals surface area contributed by atoms with E-state index in [-0.39, 0.29) is 0 Å². The largest absolute Gasteiger partial charge is 0.473 e. The number of ether oxygens (including phenoxy) is 1. The zero-order valence-corrected chi connectivity index (χ0v) is 5.10. The van der Waals surface area contributed by atoms with Gasteiger partial charge in [-0.05, 0) is 0 Å². The lowest BCUT2D eigenvalue weighted by Gasteiger charge is -2.05. The molecule has 0 aromatic heterocycles. The van der Waals surface area contributed by atoms with Crippen molar-refractivity contribution in [1.82, 2.24) is 0 Å². The molecule has 0 bridgehead atoms. The Balaban J connectivity index is 3.68. The summed E-state index contributed by atoms with van der Waals surface area (Å²) >= 11 is 0. The molecule has 0 aromatic carbocycles. The van der Waals surface area contributed by atoms with Crippen molar-refractivity contribution in [3.8, 4) is 0 Å². The quantitative estimate of drug-likeness (QED) is 0.180. The molecule has 0 spiro atoms. The second kappa shape index (κ2) is 3.80. The number of carboxylic acids is 1. The summed E-state index contributed by atoms with van der Waals surface area (Å²) in [6, 6.07) is 0. The number of hydrogen-bond acceptors (Lipinski definition) is 5. The molecule has 6 nitrogen and oxygen atoms in total. The Hall–Kier alpha value is -1.14. The van der Waals surface area contributed by atoms with Crippen LogP contribution in [0.4, 0.5) is 0 Å². The first kappa shape index (κ1) is 8.86. The molecule has 0 aromatic rings. The van der Waals surface area contributed by atoms with Gasteiger partial charge < -0.3 is 9.84 Å². The van der Waals surface area contributed by atoms with E-state index in [0.717, 1.165) is 0 Å². The molecule has 0 rings (SSSR count). The van der Waals surface area contributed by atoms with Crippen LogP contribution in [0.1, 0.15) is 6.92 Å². The highest BCUT2D eigenvalue weighted by molar-refractivity contribution is 6.28. The Morgan fingerprint density at radius 2 is 2.00 bits per heavy atom. The van der Waals surface area contributed by atoms with E-state index < -0.39 is 18.2 Å². The number of rotatable bonds is 2. The lowest BCUT2D eigenvalue weighted by molar-refractivity contribution is -0.330. The van der Waals surface area contributed by atoms with Gasteiger partial charge in [0, 0.05) is 6.92 Å². The van der Waals surface area contributed by atoms with E-state index in [1.807, 2.05) is 0 Å². The number of aliphatic carboxylic acids is 1. The maximum atomic E-state index is 10.1. The molecule has 0 aliphatic carbocycles. The first-order valence-corrected chi connectivity index (χ1v) is 2.32. The monoisotopic (exact) mass is 150 g/mol. The molecular formula is C4H6O6. The lowest BCUT2D eigenvalue weighted by atomic mass is 10.7. The molecular weight excluding hydrogens is 144 g/mol. The predicted molar refractivity (Wildman–Crippen MR) is 26.9 cm³/mol. The molecule has 1 atom stereocenters. The van der Waals surface area contributed by atoms with E-state index in [2.05, 4.69) is 9.62 Å². The van der Waals surface area contributed by atoms with Crippen LogP contribution in [0.2, 0.25) is 0 Å². The summed E-state index contributed by atoms with van der Waals surface area (Å²) in [7, 11) is 0. The molecule has 0 aliphatic rings. The van der Waals surface area contributed by atoms with Gasteiger partial charge in [0.05, 0.1) is 0 Å². The van der Waals surface area contributed by atoms with Crippen LogP contribution in [0.15, 0.2) is 0 Å². The second-order valence-corrected chi connectivity index (χ2v) is 1.38. The molecule has 0 amide bonds. The summed E-state index contributed by atoms with van der Waals surface area (Å²) in [4.78, 5) is 23.3. The topological polar surface area (TPSA) is 93.1 Å². The smallest absolute Gasteiger partial charge is 0.419 e. The van der Waals surface area contributed by atoms with Crippen LogP contribution in [0, 0.1) is 0 Å². The Morgan fingerprint density at radius 1 is 1.50 bits per heavy atom. The van der Waals surface area contributed by atoms with E-state index >= 15 is 0 Å². The highest BCUT2D eigenvalue weighted by atomic mass is 17.1. The average molecular weight is 150 g/mol. The summed E-state index contributed by atoms with van der Waals surface area (Å²) in [5.41, 5.74) is 0. The summed E-state index contributed by atoms with van der Waals surface area (Å²) in [5, 5.41) is 15.7. The van der Waals surface area contributed by atoms with Gasteiger partial charge in [-0.2, -0.15) is 4.89 Å². The zero-order valence-electron chi connectivity index (χ0n) is 5.10. The number of hydrogen-bond donors (Lipinski definition) is 2. The average Bonchev–Trinajstić information content (AvgIpc) is 1.87. The van der Waals surface area contributed by atoms with Crippen molar-refractivity contribution in [1.29, 1.82) is 0 Å². The van der Waals surface area contributed by atoms with Crippen LogP contribution in [0.5, 0.6) is 0 Å². The first-order valence-electron chi connectivity index (χ1n) is 2.32. The fourth-order valence-electron chi connectivity index (χ4n) is 0.223. The fraction of sp³-hybridized carbons (Fsp3) is 0.500. The normalized spacial score (nSPS) is 12.2. The third-order valence-electron chi connectivity index (χ3n) is 0.596. The van der Waals surface area contributed by atoms with Crippen LogP contribution in [-0.4, -0.2) is 28.6 Å². The predicted octanol–water partition coefficient (Wildman–Crippen LogP) is -0.550. The van der Waals surface area contributed by atoms with Gasteiger partial charge >= 0.3 is 11.9 Å². The minimum Gasteiger partial charge on any atom is -0.473 e. The Bertz CT molecular complexity index is 141. The summed E-state index contributed by atoms with van der Waals surface area (Å²) < 4.78 is 3.95. The van der Waals surface area contributed by atoms with Gasteiger partial charge in [0.25, 0.3) is 0 Å². The van der Waals surface area contributed by atoms with Crippen molar-refractivity contribution in [3.63, 3.8) is 0 Å². The molecule has 10 heavy (non-hydrogen) atoms. The molecule has 2 N–H and O–H groups in total. The highest BCUT2D eigenvalue weighted by Gasteiger charge is 2.16. The third-order valence-corrected chi connectivity index (χ3v) is 0.596. The van der Waals surface area contributed by atoms with E-state index in [1.165, 1.54) is 6.92 Å². The third kappa shape index (κ3) is 3.00. The van der Waals surface area contributed by atoms with Crippen molar-refractivity contribution in [2.24, 2.45) is 0 Å². The molecule has 58 valence electrons. The van der Waals surface area contributed by atoms with Crippen molar-refractivity contribution in [2.75, 3.05) is 0 Å². The minimum atomic E-state index is -1.73. The van der Waals surface area contributed by atoms with E-state index in [0.29, 0.717) is 0 Å². The minimum absolute atomic E-state index is 1.17. The van der Waals surface area contributed by atoms with Crippen LogP contribution < -0.4 is 0 Å². The number of esters is 1. The van der Waals surface area contributed by atoms with Gasteiger partial charge in [-0.1, -0.05) is 0 Å². The van der Waals surface area contributed by atoms with Crippen LogP contribution >= 0.6 is 0 Å². The van der Waals surface area contributed by atoms with Gasteiger partial charge in [0.15, 0.2) is 0 Å².